The van der Waals surface area contributed by atoms with Crippen molar-refractivity contribution in [3.05, 3.63) is 35.9 Å². The average molecular weight is 290 g/mol. The van der Waals surface area contributed by atoms with Gasteiger partial charge in [-0.2, -0.15) is 0 Å². The fraction of sp³-hybridized carbons (Fsp3) is 0.375. The molecule has 1 atom stereocenters. The second-order valence-electron chi connectivity index (χ2n) is 4.54. The number of carbonyl (C=O) groups is 2. The van der Waals surface area contributed by atoms with Crippen molar-refractivity contribution in [2.75, 3.05) is 18.5 Å². The summed E-state index contributed by atoms with van der Waals surface area (Å²) >= 11 is 0. The second-order valence-corrected chi connectivity index (χ2v) is 4.54. The molecule has 1 aromatic carbocycles. The SMILES string of the molecule is CCOC(=O)C=Cc1ccc(NC(=O)C(CC)CN)cc1. The van der Waals surface area contributed by atoms with E-state index in [0.717, 1.165) is 5.56 Å². The van der Waals surface area contributed by atoms with Crippen molar-refractivity contribution < 1.29 is 14.3 Å². The molecule has 0 aliphatic carbocycles. The fourth-order valence-electron chi connectivity index (χ4n) is 1.74. The minimum absolute atomic E-state index is 0.0742. The van der Waals surface area contributed by atoms with Crippen LogP contribution in [0.15, 0.2) is 30.3 Å². The Bertz CT molecular complexity index is 491. The van der Waals surface area contributed by atoms with Gasteiger partial charge < -0.3 is 15.8 Å². The summed E-state index contributed by atoms with van der Waals surface area (Å²) in [6.07, 6.45) is 3.75. The van der Waals surface area contributed by atoms with Gasteiger partial charge in [0, 0.05) is 18.3 Å². The number of amides is 1. The van der Waals surface area contributed by atoms with Gasteiger partial charge in [0.15, 0.2) is 0 Å². The minimum Gasteiger partial charge on any atom is -0.463 e. The summed E-state index contributed by atoms with van der Waals surface area (Å²) in [4.78, 5) is 23.1. The van der Waals surface area contributed by atoms with Crippen LogP contribution in [0.25, 0.3) is 6.08 Å². The Hall–Kier alpha value is -2.14. The zero-order chi connectivity index (χ0) is 15.7. The van der Waals surface area contributed by atoms with Gasteiger partial charge in [-0.15, -0.1) is 0 Å². The van der Waals surface area contributed by atoms with Gasteiger partial charge in [0.05, 0.1) is 12.5 Å². The standard InChI is InChI=1S/C16H22N2O3/c1-3-13(11-17)16(20)18-14-8-5-12(6-9-14)7-10-15(19)21-4-2/h5-10,13H,3-4,11,17H2,1-2H3,(H,18,20). The average Bonchev–Trinajstić information content (AvgIpc) is 2.48. The summed E-state index contributed by atoms with van der Waals surface area (Å²) < 4.78 is 4.80. The summed E-state index contributed by atoms with van der Waals surface area (Å²) in [6.45, 7) is 4.38. The van der Waals surface area contributed by atoms with Crippen LogP contribution >= 0.6 is 0 Å². The number of rotatable bonds is 7. The lowest BCUT2D eigenvalue weighted by Gasteiger charge is -2.12. The summed E-state index contributed by atoms with van der Waals surface area (Å²) in [6, 6.07) is 7.20. The predicted molar refractivity (Wildman–Crippen MR) is 83.6 cm³/mol. The highest BCUT2D eigenvalue weighted by Crippen LogP contribution is 2.13. The van der Waals surface area contributed by atoms with Gasteiger partial charge in [-0.3, -0.25) is 4.79 Å². The first-order chi connectivity index (χ1) is 10.1. The Labute approximate surface area is 125 Å². The summed E-state index contributed by atoms with van der Waals surface area (Å²) in [5.41, 5.74) is 7.10. The van der Waals surface area contributed by atoms with E-state index in [1.165, 1.54) is 6.08 Å². The van der Waals surface area contributed by atoms with E-state index in [2.05, 4.69) is 5.32 Å². The van der Waals surface area contributed by atoms with E-state index < -0.39 is 0 Å². The minimum atomic E-state index is -0.372. The topological polar surface area (TPSA) is 81.4 Å². The zero-order valence-electron chi connectivity index (χ0n) is 12.5. The number of hydrogen-bond acceptors (Lipinski definition) is 4. The van der Waals surface area contributed by atoms with Gasteiger partial charge in [-0.1, -0.05) is 19.1 Å². The van der Waals surface area contributed by atoms with Crippen LogP contribution in [0.4, 0.5) is 5.69 Å². The highest BCUT2D eigenvalue weighted by molar-refractivity contribution is 5.93. The third kappa shape index (κ3) is 5.79. The van der Waals surface area contributed by atoms with Crippen molar-refractivity contribution >= 4 is 23.6 Å². The maximum absolute atomic E-state index is 11.9. The number of benzene rings is 1. The summed E-state index contributed by atoms with van der Waals surface area (Å²) in [5.74, 6) is -0.619. The van der Waals surface area contributed by atoms with Gasteiger partial charge in [-0.05, 0) is 37.1 Å². The molecular weight excluding hydrogens is 268 g/mol. The monoisotopic (exact) mass is 290 g/mol. The number of hydrogen-bond donors (Lipinski definition) is 2. The Balaban J connectivity index is 2.62. The highest BCUT2D eigenvalue weighted by atomic mass is 16.5. The van der Waals surface area contributed by atoms with Crippen LogP contribution in [-0.2, 0) is 14.3 Å². The number of esters is 1. The molecule has 0 aliphatic heterocycles. The molecule has 3 N–H and O–H groups in total. The number of ether oxygens (including phenoxy) is 1. The van der Waals surface area contributed by atoms with Crippen molar-refractivity contribution in [1.82, 2.24) is 0 Å². The molecule has 0 spiro atoms. The molecule has 114 valence electrons. The van der Waals surface area contributed by atoms with Crippen LogP contribution < -0.4 is 11.1 Å². The second kappa shape index (κ2) is 8.92. The van der Waals surface area contributed by atoms with E-state index in [1.807, 2.05) is 19.1 Å². The van der Waals surface area contributed by atoms with Gasteiger partial charge in [0.1, 0.15) is 0 Å². The molecule has 0 saturated heterocycles. The largest absolute Gasteiger partial charge is 0.463 e. The lowest BCUT2D eigenvalue weighted by molar-refractivity contribution is -0.137. The molecule has 1 rings (SSSR count). The molecule has 0 saturated carbocycles. The van der Waals surface area contributed by atoms with Gasteiger partial charge in [-0.25, -0.2) is 4.79 Å². The molecule has 0 aromatic heterocycles. The molecule has 0 bridgehead atoms. The molecule has 0 heterocycles. The number of carbonyl (C=O) groups excluding carboxylic acids is 2. The Morgan fingerprint density at radius 2 is 1.95 bits per heavy atom. The highest BCUT2D eigenvalue weighted by Gasteiger charge is 2.14. The van der Waals surface area contributed by atoms with Crippen LogP contribution in [0.3, 0.4) is 0 Å². The fourth-order valence-corrected chi connectivity index (χ4v) is 1.74. The molecule has 0 aliphatic rings. The van der Waals surface area contributed by atoms with Crippen LogP contribution in [0.2, 0.25) is 0 Å². The zero-order valence-corrected chi connectivity index (χ0v) is 12.5. The molecule has 5 heteroatoms. The third-order valence-electron chi connectivity index (χ3n) is 3.02. The van der Waals surface area contributed by atoms with Crippen molar-refractivity contribution in [3.8, 4) is 0 Å². The van der Waals surface area contributed by atoms with E-state index in [-0.39, 0.29) is 17.8 Å². The molecule has 0 fully saturated rings. The first-order valence-electron chi connectivity index (χ1n) is 7.06. The maximum Gasteiger partial charge on any atom is 0.330 e. The van der Waals surface area contributed by atoms with Crippen LogP contribution in [-0.4, -0.2) is 25.0 Å². The molecule has 1 amide bonds. The number of nitrogens with two attached hydrogens (primary N) is 1. The van der Waals surface area contributed by atoms with Gasteiger partial charge >= 0.3 is 5.97 Å². The molecule has 21 heavy (non-hydrogen) atoms. The molecule has 1 unspecified atom stereocenters. The lowest BCUT2D eigenvalue weighted by Crippen LogP contribution is -2.28. The number of nitrogens with one attached hydrogen (secondary N) is 1. The molecular formula is C16H22N2O3. The van der Waals surface area contributed by atoms with E-state index in [0.29, 0.717) is 25.3 Å². The molecule has 5 nitrogen and oxygen atoms in total. The molecule has 1 aromatic rings. The molecule has 0 radical (unpaired) electrons. The van der Waals surface area contributed by atoms with Crippen LogP contribution in [0.5, 0.6) is 0 Å². The summed E-state index contributed by atoms with van der Waals surface area (Å²) in [7, 11) is 0. The number of anilines is 1. The van der Waals surface area contributed by atoms with Crippen LogP contribution in [0, 0.1) is 5.92 Å². The van der Waals surface area contributed by atoms with Crippen molar-refractivity contribution in [3.63, 3.8) is 0 Å². The Morgan fingerprint density at radius 3 is 2.48 bits per heavy atom. The van der Waals surface area contributed by atoms with Crippen LogP contribution in [0.1, 0.15) is 25.8 Å². The third-order valence-corrected chi connectivity index (χ3v) is 3.02. The van der Waals surface area contributed by atoms with E-state index in [9.17, 15) is 9.59 Å². The summed E-state index contributed by atoms with van der Waals surface area (Å²) in [5, 5.41) is 2.82. The first kappa shape index (κ1) is 16.9. The maximum atomic E-state index is 11.9. The van der Waals surface area contributed by atoms with Gasteiger partial charge in [0.25, 0.3) is 0 Å². The Morgan fingerprint density at radius 1 is 1.29 bits per heavy atom. The first-order valence-corrected chi connectivity index (χ1v) is 7.06. The predicted octanol–water partition coefficient (Wildman–Crippen LogP) is 2.19. The Kier molecular flexibility index (Phi) is 7.18. The van der Waals surface area contributed by atoms with Gasteiger partial charge in [0.2, 0.25) is 5.91 Å². The quantitative estimate of drug-likeness (QED) is 0.596. The van der Waals surface area contributed by atoms with Crippen molar-refractivity contribution in [2.45, 2.75) is 20.3 Å². The van der Waals surface area contributed by atoms with Crippen molar-refractivity contribution in [1.29, 1.82) is 0 Å². The smallest absolute Gasteiger partial charge is 0.330 e. The normalized spacial score (nSPS) is 12.1. The lowest BCUT2D eigenvalue weighted by atomic mass is 10.1. The van der Waals surface area contributed by atoms with E-state index in [4.69, 9.17) is 10.5 Å². The van der Waals surface area contributed by atoms with E-state index >= 15 is 0 Å². The van der Waals surface area contributed by atoms with Crippen molar-refractivity contribution in [2.24, 2.45) is 11.7 Å². The van der Waals surface area contributed by atoms with E-state index in [1.54, 1.807) is 25.1 Å².